The highest BCUT2D eigenvalue weighted by Gasteiger charge is 2.32. The fourth-order valence-corrected chi connectivity index (χ4v) is 4.49. The maximum Gasteiger partial charge on any atom is 0.339 e. The number of hydrogen-bond donors (Lipinski definition) is 0. The zero-order chi connectivity index (χ0) is 22.0. The lowest BCUT2D eigenvalue weighted by Crippen LogP contribution is -2.27. The molecule has 8 heteroatoms. The first kappa shape index (κ1) is 21.4. The Bertz CT molecular complexity index is 1200. The van der Waals surface area contributed by atoms with E-state index < -0.39 is 5.97 Å². The first-order valence-corrected chi connectivity index (χ1v) is 10.8. The summed E-state index contributed by atoms with van der Waals surface area (Å²) in [5, 5.41) is 0.296. The van der Waals surface area contributed by atoms with Crippen LogP contribution in [0.25, 0.3) is 17.4 Å². The van der Waals surface area contributed by atoms with E-state index in [-0.39, 0.29) is 11.5 Å². The minimum Gasteiger partial charge on any atom is -0.465 e. The molecule has 1 saturated heterocycles. The van der Waals surface area contributed by atoms with Crippen molar-refractivity contribution in [3.63, 3.8) is 0 Å². The molecular weight excluding hydrogens is 454 g/mol. The molecule has 1 aliphatic heterocycles. The van der Waals surface area contributed by atoms with Crippen LogP contribution in [0.15, 0.2) is 70.0 Å². The fraction of sp³-hybridized carbons (Fsp3) is 0.0870. The number of nitrogens with zero attached hydrogens (tertiary/aromatic N) is 1. The van der Waals surface area contributed by atoms with Gasteiger partial charge < -0.3 is 9.15 Å². The zero-order valence-corrected chi connectivity index (χ0v) is 18.7. The Hall–Kier alpha value is -2.87. The first-order chi connectivity index (χ1) is 15.0. The third-order valence-corrected chi connectivity index (χ3v) is 6.32. The predicted molar refractivity (Wildman–Crippen MR) is 126 cm³/mol. The Morgan fingerprint density at radius 3 is 2.71 bits per heavy atom. The molecule has 1 aliphatic rings. The molecule has 156 valence electrons. The molecule has 31 heavy (non-hydrogen) atoms. The lowest BCUT2D eigenvalue weighted by atomic mass is 10.1. The summed E-state index contributed by atoms with van der Waals surface area (Å²) in [6.45, 7) is 0.424. The zero-order valence-electron chi connectivity index (χ0n) is 16.3. The number of esters is 1. The highest BCUT2D eigenvalue weighted by molar-refractivity contribution is 8.26. The minimum atomic E-state index is -0.527. The molecule has 2 aromatic carbocycles. The third-order valence-electron chi connectivity index (χ3n) is 4.61. The van der Waals surface area contributed by atoms with Gasteiger partial charge in [-0.05, 0) is 35.9 Å². The number of benzene rings is 2. The normalized spacial score (nSPS) is 15.0. The summed E-state index contributed by atoms with van der Waals surface area (Å²) in [6.07, 6.45) is 1.67. The maximum atomic E-state index is 12.8. The van der Waals surface area contributed by atoms with Crippen molar-refractivity contribution in [2.24, 2.45) is 0 Å². The van der Waals surface area contributed by atoms with Gasteiger partial charge in [0.2, 0.25) is 0 Å². The van der Waals surface area contributed by atoms with Crippen molar-refractivity contribution in [3.05, 3.63) is 87.5 Å². The number of furan rings is 1. The molecule has 0 bridgehead atoms. The van der Waals surface area contributed by atoms with Gasteiger partial charge in [0.15, 0.2) is 0 Å². The second kappa shape index (κ2) is 9.09. The summed E-state index contributed by atoms with van der Waals surface area (Å²) in [5.74, 6) is 0.356. The number of hydrogen-bond acceptors (Lipinski definition) is 6. The largest absolute Gasteiger partial charge is 0.465 e. The Balaban J connectivity index is 1.55. The van der Waals surface area contributed by atoms with Crippen LogP contribution >= 0.6 is 35.6 Å². The fourth-order valence-electron chi connectivity index (χ4n) is 3.06. The molecule has 1 aromatic heterocycles. The Kier molecular flexibility index (Phi) is 6.27. The van der Waals surface area contributed by atoms with Crippen molar-refractivity contribution >= 4 is 57.9 Å². The molecule has 2 heterocycles. The molecular formula is C23H16ClNO4S2. The number of thioether (sulfide) groups is 1. The summed E-state index contributed by atoms with van der Waals surface area (Å²) >= 11 is 12.7. The van der Waals surface area contributed by atoms with Crippen LogP contribution in [-0.4, -0.2) is 28.2 Å². The van der Waals surface area contributed by atoms with E-state index in [0.717, 1.165) is 5.56 Å². The molecule has 4 rings (SSSR count). The van der Waals surface area contributed by atoms with Crippen molar-refractivity contribution in [2.75, 3.05) is 7.11 Å². The van der Waals surface area contributed by atoms with Crippen LogP contribution in [0.4, 0.5) is 0 Å². The highest BCUT2D eigenvalue weighted by Crippen LogP contribution is 2.35. The molecule has 0 saturated carbocycles. The van der Waals surface area contributed by atoms with Crippen molar-refractivity contribution in [2.45, 2.75) is 6.54 Å². The van der Waals surface area contributed by atoms with Crippen LogP contribution in [0.2, 0.25) is 5.02 Å². The molecule has 1 fully saturated rings. The van der Waals surface area contributed by atoms with Crippen LogP contribution in [0.1, 0.15) is 21.7 Å². The van der Waals surface area contributed by atoms with E-state index in [0.29, 0.717) is 37.9 Å². The van der Waals surface area contributed by atoms with Crippen molar-refractivity contribution in [3.8, 4) is 11.3 Å². The molecule has 0 N–H and O–H groups in total. The third kappa shape index (κ3) is 4.58. The summed E-state index contributed by atoms with van der Waals surface area (Å²) in [6, 6.07) is 18.2. The minimum absolute atomic E-state index is 0.156. The van der Waals surface area contributed by atoms with Gasteiger partial charge in [0.25, 0.3) is 5.91 Å². The van der Waals surface area contributed by atoms with Gasteiger partial charge in [-0.2, -0.15) is 0 Å². The average molecular weight is 470 g/mol. The highest BCUT2D eigenvalue weighted by atomic mass is 35.5. The van der Waals surface area contributed by atoms with Crippen LogP contribution in [-0.2, 0) is 16.1 Å². The van der Waals surface area contributed by atoms with E-state index in [2.05, 4.69) is 0 Å². The lowest BCUT2D eigenvalue weighted by molar-refractivity contribution is -0.122. The van der Waals surface area contributed by atoms with E-state index in [1.165, 1.54) is 18.9 Å². The van der Waals surface area contributed by atoms with Crippen LogP contribution in [0.5, 0.6) is 0 Å². The van der Waals surface area contributed by atoms with E-state index in [1.807, 2.05) is 30.3 Å². The quantitative estimate of drug-likeness (QED) is 0.268. The number of carbonyl (C=O) groups is 2. The van der Waals surface area contributed by atoms with Gasteiger partial charge in [0.05, 0.1) is 29.1 Å². The number of ether oxygens (including phenoxy) is 1. The smallest absolute Gasteiger partial charge is 0.339 e. The Labute approximate surface area is 193 Å². The summed E-state index contributed by atoms with van der Waals surface area (Å²) < 4.78 is 11.1. The summed E-state index contributed by atoms with van der Waals surface area (Å²) in [4.78, 5) is 26.8. The second-order valence-corrected chi connectivity index (χ2v) is 8.72. The molecule has 1 amide bonds. The topological polar surface area (TPSA) is 59.8 Å². The van der Waals surface area contributed by atoms with Crippen molar-refractivity contribution < 1.29 is 18.7 Å². The van der Waals surface area contributed by atoms with Gasteiger partial charge in [0, 0.05) is 11.6 Å². The number of rotatable bonds is 5. The van der Waals surface area contributed by atoms with E-state index in [9.17, 15) is 9.59 Å². The number of methoxy groups -OCH3 is 1. The van der Waals surface area contributed by atoms with E-state index in [1.54, 1.807) is 41.3 Å². The van der Waals surface area contributed by atoms with Crippen molar-refractivity contribution in [1.29, 1.82) is 0 Å². The number of halogens is 1. The number of amides is 1. The van der Waals surface area contributed by atoms with Gasteiger partial charge in [-0.3, -0.25) is 9.69 Å². The maximum absolute atomic E-state index is 12.8. The lowest BCUT2D eigenvalue weighted by Gasteiger charge is -2.14. The van der Waals surface area contributed by atoms with E-state index >= 15 is 0 Å². The standard InChI is InChI=1S/C23H16ClNO4S2/c1-28-22(27)17-11-15(7-9-18(17)24)19-10-8-16(29-19)12-20-21(26)25(23(30)31-20)13-14-5-3-2-4-6-14/h2-12H,13H2,1H3/b20-12-. The van der Waals surface area contributed by atoms with Gasteiger partial charge >= 0.3 is 5.97 Å². The summed E-state index contributed by atoms with van der Waals surface area (Å²) in [7, 11) is 1.30. The number of thiocarbonyl (C=S) groups is 1. The van der Waals surface area contributed by atoms with Gasteiger partial charge in [0.1, 0.15) is 15.8 Å². The van der Waals surface area contributed by atoms with Crippen LogP contribution in [0, 0.1) is 0 Å². The summed E-state index contributed by atoms with van der Waals surface area (Å²) in [5.41, 5.74) is 1.92. The molecule has 0 aliphatic carbocycles. The SMILES string of the molecule is COC(=O)c1cc(-c2ccc(/C=C3\SC(=S)N(Cc4ccccc4)C3=O)o2)ccc1Cl. The second-order valence-electron chi connectivity index (χ2n) is 6.64. The Morgan fingerprint density at radius 1 is 1.19 bits per heavy atom. The molecule has 0 radical (unpaired) electrons. The van der Waals surface area contributed by atoms with Crippen LogP contribution in [0.3, 0.4) is 0 Å². The number of carbonyl (C=O) groups excluding carboxylic acids is 2. The van der Waals surface area contributed by atoms with Gasteiger partial charge in [-0.15, -0.1) is 0 Å². The average Bonchev–Trinajstić information content (AvgIpc) is 3.35. The molecule has 5 nitrogen and oxygen atoms in total. The molecule has 3 aromatic rings. The van der Waals surface area contributed by atoms with Gasteiger partial charge in [-0.1, -0.05) is 65.9 Å². The Morgan fingerprint density at radius 2 is 1.97 bits per heavy atom. The molecule has 0 atom stereocenters. The predicted octanol–water partition coefficient (Wildman–Crippen LogP) is 5.79. The monoisotopic (exact) mass is 469 g/mol. The van der Waals surface area contributed by atoms with E-state index in [4.69, 9.17) is 33.0 Å². The van der Waals surface area contributed by atoms with Crippen LogP contribution < -0.4 is 0 Å². The van der Waals surface area contributed by atoms with Crippen molar-refractivity contribution in [1.82, 2.24) is 4.90 Å². The molecule has 0 spiro atoms. The first-order valence-electron chi connectivity index (χ1n) is 9.23. The molecule has 0 unspecified atom stereocenters. The van der Waals surface area contributed by atoms with Gasteiger partial charge in [-0.25, -0.2) is 4.79 Å².